The van der Waals surface area contributed by atoms with E-state index in [-0.39, 0.29) is 0 Å². The van der Waals surface area contributed by atoms with Gasteiger partial charge in [-0.1, -0.05) is 6.92 Å². The van der Waals surface area contributed by atoms with E-state index in [2.05, 4.69) is 23.7 Å². The summed E-state index contributed by atoms with van der Waals surface area (Å²) >= 11 is 0. The maximum atomic E-state index is 5.89. The number of nitrogens with two attached hydrogens (primary N) is 1. The molecule has 0 radical (unpaired) electrons. The number of hydrogen-bond donors (Lipinski definition) is 1. The molecule has 0 amide bonds. The van der Waals surface area contributed by atoms with Gasteiger partial charge in [0, 0.05) is 24.6 Å². The minimum absolute atomic E-state index is 0.561. The van der Waals surface area contributed by atoms with E-state index in [4.69, 9.17) is 10.7 Å². The highest BCUT2D eigenvalue weighted by atomic mass is 15.2. The monoisotopic (exact) mass is 232 g/mol. The van der Waals surface area contributed by atoms with Crippen LogP contribution in [0.15, 0.2) is 6.07 Å². The molecule has 2 heterocycles. The quantitative estimate of drug-likeness (QED) is 0.849. The largest absolute Gasteiger partial charge is 0.384 e. The lowest BCUT2D eigenvalue weighted by Gasteiger charge is -2.23. The van der Waals surface area contributed by atoms with Crippen molar-refractivity contribution in [2.45, 2.75) is 45.1 Å². The molecule has 1 aliphatic heterocycles. The Labute approximate surface area is 102 Å². The van der Waals surface area contributed by atoms with Gasteiger partial charge in [-0.3, -0.25) is 0 Å². The van der Waals surface area contributed by atoms with Crippen molar-refractivity contribution in [3.8, 4) is 0 Å². The summed E-state index contributed by atoms with van der Waals surface area (Å²) in [7, 11) is 0. The molecule has 17 heavy (non-hydrogen) atoms. The molecule has 1 saturated carbocycles. The predicted molar refractivity (Wildman–Crippen MR) is 69.0 cm³/mol. The minimum atomic E-state index is 0.561. The topological polar surface area (TPSA) is 55.0 Å². The number of rotatable bonds is 2. The van der Waals surface area contributed by atoms with E-state index < -0.39 is 0 Å². The van der Waals surface area contributed by atoms with Gasteiger partial charge in [0.15, 0.2) is 0 Å². The zero-order valence-electron chi connectivity index (χ0n) is 10.6. The molecule has 2 aliphatic rings. The second-order valence-corrected chi connectivity index (χ2v) is 5.63. The number of nitrogen functional groups attached to an aromatic ring is 1. The van der Waals surface area contributed by atoms with Crippen molar-refractivity contribution in [3.63, 3.8) is 0 Å². The van der Waals surface area contributed by atoms with E-state index in [9.17, 15) is 0 Å². The van der Waals surface area contributed by atoms with E-state index in [1.165, 1.54) is 19.3 Å². The third-order valence-corrected chi connectivity index (χ3v) is 3.77. The first-order chi connectivity index (χ1) is 8.13. The van der Waals surface area contributed by atoms with Gasteiger partial charge in [0.05, 0.1) is 0 Å². The van der Waals surface area contributed by atoms with Crippen LogP contribution < -0.4 is 10.6 Å². The van der Waals surface area contributed by atoms with Crippen molar-refractivity contribution >= 4 is 11.6 Å². The highest BCUT2D eigenvalue weighted by Gasteiger charge is 2.30. The van der Waals surface area contributed by atoms with Crippen molar-refractivity contribution in [2.75, 3.05) is 17.2 Å². The molecule has 2 N–H and O–H groups in total. The Morgan fingerprint density at radius 1 is 1.29 bits per heavy atom. The van der Waals surface area contributed by atoms with Crippen LogP contribution in [0.3, 0.4) is 0 Å². The lowest BCUT2D eigenvalue weighted by Crippen LogP contribution is -2.28. The molecule has 4 nitrogen and oxygen atoms in total. The van der Waals surface area contributed by atoms with Crippen LogP contribution in [0.5, 0.6) is 0 Å². The summed E-state index contributed by atoms with van der Waals surface area (Å²) in [5, 5.41) is 0. The fourth-order valence-electron chi connectivity index (χ4n) is 2.76. The van der Waals surface area contributed by atoms with Crippen LogP contribution in [0.2, 0.25) is 0 Å². The summed E-state index contributed by atoms with van der Waals surface area (Å²) in [6, 6.07) is 2.48. The van der Waals surface area contributed by atoms with Gasteiger partial charge in [0.2, 0.25) is 0 Å². The summed E-state index contributed by atoms with van der Waals surface area (Å²) in [6.07, 6.45) is 3.67. The van der Waals surface area contributed by atoms with Crippen molar-refractivity contribution in [2.24, 2.45) is 5.92 Å². The SMILES string of the molecule is CC1CC(C)N(c2cc(N)nc(C3CC3)n2)C1. The molecule has 3 rings (SSSR count). The Morgan fingerprint density at radius 2 is 2.06 bits per heavy atom. The van der Waals surface area contributed by atoms with E-state index in [0.29, 0.717) is 17.8 Å². The lowest BCUT2D eigenvalue weighted by atomic mass is 10.1. The molecule has 2 atom stereocenters. The molecular formula is C13H20N4. The smallest absolute Gasteiger partial charge is 0.136 e. The van der Waals surface area contributed by atoms with Crippen molar-refractivity contribution in [1.82, 2.24) is 9.97 Å². The van der Waals surface area contributed by atoms with Crippen molar-refractivity contribution < 1.29 is 0 Å². The molecule has 1 aromatic rings. The Morgan fingerprint density at radius 3 is 2.65 bits per heavy atom. The first-order valence-corrected chi connectivity index (χ1v) is 6.54. The van der Waals surface area contributed by atoms with Crippen LogP contribution in [-0.4, -0.2) is 22.6 Å². The molecule has 1 saturated heterocycles. The van der Waals surface area contributed by atoms with Crippen LogP contribution in [0.4, 0.5) is 11.6 Å². The second-order valence-electron chi connectivity index (χ2n) is 5.63. The Kier molecular flexibility index (Phi) is 2.45. The number of aromatic nitrogens is 2. The molecule has 0 aromatic carbocycles. The van der Waals surface area contributed by atoms with Crippen molar-refractivity contribution in [1.29, 1.82) is 0 Å². The van der Waals surface area contributed by atoms with Crippen LogP contribution in [0.1, 0.15) is 44.9 Å². The predicted octanol–water partition coefficient (Wildman–Crippen LogP) is 2.17. The average molecular weight is 232 g/mol. The fraction of sp³-hybridized carbons (Fsp3) is 0.692. The summed E-state index contributed by atoms with van der Waals surface area (Å²) in [5.41, 5.74) is 5.89. The zero-order valence-corrected chi connectivity index (χ0v) is 10.6. The summed E-state index contributed by atoms with van der Waals surface area (Å²) in [5.74, 6) is 3.89. The number of hydrogen-bond acceptors (Lipinski definition) is 4. The van der Waals surface area contributed by atoms with Gasteiger partial charge in [-0.2, -0.15) is 0 Å². The maximum absolute atomic E-state index is 5.89. The van der Waals surface area contributed by atoms with Crippen LogP contribution in [0, 0.1) is 5.92 Å². The molecule has 2 unspecified atom stereocenters. The third kappa shape index (κ3) is 2.08. The average Bonchev–Trinajstić information content (AvgIpc) is 3.04. The summed E-state index contributed by atoms with van der Waals surface area (Å²) < 4.78 is 0. The van der Waals surface area contributed by atoms with E-state index in [1.54, 1.807) is 0 Å². The van der Waals surface area contributed by atoms with E-state index >= 15 is 0 Å². The molecule has 4 heteroatoms. The maximum Gasteiger partial charge on any atom is 0.136 e. The normalized spacial score (nSPS) is 28.7. The molecule has 92 valence electrons. The third-order valence-electron chi connectivity index (χ3n) is 3.77. The van der Waals surface area contributed by atoms with Crippen LogP contribution >= 0.6 is 0 Å². The lowest BCUT2D eigenvalue weighted by molar-refractivity contribution is 0.625. The first kappa shape index (κ1) is 10.8. The van der Waals surface area contributed by atoms with Crippen LogP contribution in [-0.2, 0) is 0 Å². The van der Waals surface area contributed by atoms with Gasteiger partial charge in [-0.25, -0.2) is 9.97 Å². The van der Waals surface area contributed by atoms with Gasteiger partial charge in [-0.15, -0.1) is 0 Å². The minimum Gasteiger partial charge on any atom is -0.384 e. The molecular weight excluding hydrogens is 212 g/mol. The van der Waals surface area contributed by atoms with Crippen molar-refractivity contribution in [3.05, 3.63) is 11.9 Å². The van der Waals surface area contributed by atoms with Crippen LogP contribution in [0.25, 0.3) is 0 Å². The Hall–Kier alpha value is -1.32. The number of anilines is 2. The second kappa shape index (κ2) is 3.86. The van der Waals surface area contributed by atoms with E-state index in [0.717, 1.165) is 24.1 Å². The molecule has 1 aliphatic carbocycles. The Bertz CT molecular complexity index is 427. The molecule has 1 aromatic heterocycles. The van der Waals surface area contributed by atoms with E-state index in [1.807, 2.05) is 6.07 Å². The molecule has 0 bridgehead atoms. The molecule has 2 fully saturated rings. The summed E-state index contributed by atoms with van der Waals surface area (Å²) in [4.78, 5) is 11.4. The standard InChI is InChI=1S/C13H20N4/c1-8-5-9(2)17(7-8)12-6-11(14)15-13(16-12)10-3-4-10/h6,8-10H,3-5,7H2,1-2H3,(H2,14,15,16). The molecule has 0 spiro atoms. The fourth-order valence-corrected chi connectivity index (χ4v) is 2.76. The highest BCUT2D eigenvalue weighted by molar-refractivity contribution is 5.49. The highest BCUT2D eigenvalue weighted by Crippen LogP contribution is 2.39. The van der Waals surface area contributed by atoms with Gasteiger partial charge < -0.3 is 10.6 Å². The zero-order chi connectivity index (χ0) is 12.0. The van der Waals surface area contributed by atoms with Gasteiger partial charge in [0.25, 0.3) is 0 Å². The number of nitrogens with zero attached hydrogens (tertiary/aromatic N) is 3. The Balaban J connectivity index is 1.91. The van der Waals surface area contributed by atoms with Gasteiger partial charge in [0.1, 0.15) is 17.5 Å². The summed E-state index contributed by atoms with van der Waals surface area (Å²) in [6.45, 7) is 5.64. The van der Waals surface area contributed by atoms with Gasteiger partial charge in [-0.05, 0) is 32.1 Å². The first-order valence-electron chi connectivity index (χ1n) is 6.54. The van der Waals surface area contributed by atoms with Gasteiger partial charge >= 0.3 is 0 Å².